The van der Waals surface area contributed by atoms with E-state index < -0.39 is 5.60 Å². The zero-order valence-electron chi connectivity index (χ0n) is 19.0. The molecule has 7 heteroatoms. The molecule has 3 aromatic rings. The minimum absolute atomic E-state index is 0.347. The SMILES string of the molecule is CC(C)(C)OC(=O)NC[C@@H]1CCCN(c2nc3ccccc3n2Cc2ccc(Cl)cc2)C1. The molecule has 32 heavy (non-hydrogen) atoms. The number of alkyl carbamates (subject to hydrolysis) is 1. The molecular weight excluding hydrogens is 424 g/mol. The number of anilines is 1. The van der Waals surface area contributed by atoms with Gasteiger partial charge in [0.25, 0.3) is 0 Å². The summed E-state index contributed by atoms with van der Waals surface area (Å²) in [6.07, 6.45) is 1.78. The van der Waals surface area contributed by atoms with E-state index in [0.717, 1.165) is 54.5 Å². The van der Waals surface area contributed by atoms with Crippen molar-refractivity contribution in [3.8, 4) is 0 Å². The maximum absolute atomic E-state index is 12.1. The van der Waals surface area contributed by atoms with Gasteiger partial charge in [0.2, 0.25) is 5.95 Å². The van der Waals surface area contributed by atoms with Crippen LogP contribution in [0, 0.1) is 5.92 Å². The van der Waals surface area contributed by atoms with Gasteiger partial charge < -0.3 is 19.5 Å². The molecule has 170 valence electrons. The Morgan fingerprint density at radius 2 is 1.94 bits per heavy atom. The van der Waals surface area contributed by atoms with Crippen molar-refractivity contribution in [3.05, 3.63) is 59.1 Å². The van der Waals surface area contributed by atoms with Gasteiger partial charge in [-0.1, -0.05) is 35.9 Å². The number of carbonyl (C=O) groups is 1. The first kappa shape index (κ1) is 22.5. The number of nitrogens with one attached hydrogen (secondary N) is 1. The largest absolute Gasteiger partial charge is 0.444 e. The number of hydrogen-bond acceptors (Lipinski definition) is 4. The fourth-order valence-electron chi connectivity index (χ4n) is 4.19. The second kappa shape index (κ2) is 9.41. The molecule has 2 aromatic carbocycles. The number of fused-ring (bicyclic) bond motifs is 1. The van der Waals surface area contributed by atoms with Gasteiger partial charge in [0.05, 0.1) is 17.6 Å². The van der Waals surface area contributed by atoms with E-state index in [4.69, 9.17) is 21.3 Å². The third kappa shape index (κ3) is 5.54. The smallest absolute Gasteiger partial charge is 0.407 e. The number of halogens is 1. The topological polar surface area (TPSA) is 59.4 Å². The summed E-state index contributed by atoms with van der Waals surface area (Å²) in [5.41, 5.74) is 2.80. The first-order chi connectivity index (χ1) is 15.3. The summed E-state index contributed by atoms with van der Waals surface area (Å²) in [5.74, 6) is 1.32. The van der Waals surface area contributed by atoms with E-state index >= 15 is 0 Å². The van der Waals surface area contributed by atoms with Crippen molar-refractivity contribution in [2.24, 2.45) is 5.92 Å². The predicted octanol–water partition coefficient (Wildman–Crippen LogP) is 5.48. The van der Waals surface area contributed by atoms with E-state index in [0.29, 0.717) is 12.5 Å². The average molecular weight is 455 g/mol. The molecule has 1 amide bonds. The number of hydrogen-bond donors (Lipinski definition) is 1. The van der Waals surface area contributed by atoms with Crippen LogP contribution in [0.3, 0.4) is 0 Å². The Morgan fingerprint density at radius 1 is 1.19 bits per heavy atom. The molecule has 0 unspecified atom stereocenters. The molecular formula is C25H31ClN4O2. The average Bonchev–Trinajstić information content (AvgIpc) is 3.11. The van der Waals surface area contributed by atoms with Crippen LogP contribution in [-0.2, 0) is 11.3 Å². The van der Waals surface area contributed by atoms with Crippen molar-refractivity contribution < 1.29 is 9.53 Å². The molecule has 1 aliphatic heterocycles. The maximum atomic E-state index is 12.1. The van der Waals surface area contributed by atoms with Gasteiger partial charge in [0, 0.05) is 24.7 Å². The van der Waals surface area contributed by atoms with Crippen LogP contribution in [0.25, 0.3) is 11.0 Å². The highest BCUT2D eigenvalue weighted by Crippen LogP contribution is 2.28. The zero-order chi connectivity index (χ0) is 22.7. The van der Waals surface area contributed by atoms with E-state index in [2.05, 4.69) is 45.1 Å². The van der Waals surface area contributed by atoms with Gasteiger partial charge in [-0.15, -0.1) is 0 Å². The molecule has 0 saturated carbocycles. The van der Waals surface area contributed by atoms with Crippen LogP contribution >= 0.6 is 11.6 Å². The van der Waals surface area contributed by atoms with E-state index in [1.165, 1.54) is 5.56 Å². The van der Waals surface area contributed by atoms with E-state index in [1.807, 2.05) is 39.0 Å². The second-order valence-electron chi connectivity index (χ2n) is 9.45. The second-order valence-corrected chi connectivity index (χ2v) is 9.89. The molecule has 1 atom stereocenters. The molecule has 0 aliphatic carbocycles. The summed E-state index contributed by atoms with van der Waals surface area (Å²) in [6, 6.07) is 16.2. The highest BCUT2D eigenvalue weighted by atomic mass is 35.5. The Hall–Kier alpha value is -2.73. The fraction of sp³-hybridized carbons (Fsp3) is 0.440. The molecule has 6 nitrogen and oxygen atoms in total. The van der Waals surface area contributed by atoms with Crippen molar-refractivity contribution >= 4 is 34.7 Å². The summed E-state index contributed by atoms with van der Waals surface area (Å²) in [6.45, 7) is 8.75. The monoisotopic (exact) mass is 454 g/mol. The number of para-hydroxylation sites is 2. The Balaban J connectivity index is 1.52. The molecule has 1 fully saturated rings. The number of piperidine rings is 1. The van der Waals surface area contributed by atoms with Crippen molar-refractivity contribution in [2.45, 2.75) is 45.8 Å². The van der Waals surface area contributed by atoms with Gasteiger partial charge in [-0.25, -0.2) is 9.78 Å². The minimum atomic E-state index is -0.491. The molecule has 2 heterocycles. The van der Waals surface area contributed by atoms with Gasteiger partial charge in [0.1, 0.15) is 5.60 Å². The van der Waals surface area contributed by atoms with Crippen molar-refractivity contribution in [1.29, 1.82) is 0 Å². The van der Waals surface area contributed by atoms with E-state index in [-0.39, 0.29) is 6.09 Å². The van der Waals surface area contributed by atoms with Crippen molar-refractivity contribution in [3.63, 3.8) is 0 Å². The zero-order valence-corrected chi connectivity index (χ0v) is 19.7. The first-order valence-corrected chi connectivity index (χ1v) is 11.6. The predicted molar refractivity (Wildman–Crippen MR) is 129 cm³/mol. The Labute approximate surface area is 194 Å². The molecule has 1 aromatic heterocycles. The van der Waals surface area contributed by atoms with Crippen LogP contribution in [0.5, 0.6) is 0 Å². The molecule has 0 bridgehead atoms. The first-order valence-electron chi connectivity index (χ1n) is 11.2. The Bertz CT molecular complexity index is 1070. The summed E-state index contributed by atoms with van der Waals surface area (Å²) in [5, 5.41) is 3.68. The number of amides is 1. The quantitative estimate of drug-likeness (QED) is 0.554. The number of ether oxygens (including phenoxy) is 1. The van der Waals surface area contributed by atoms with Gasteiger partial charge in [-0.05, 0) is 69.4 Å². The van der Waals surface area contributed by atoms with Crippen molar-refractivity contribution in [2.75, 3.05) is 24.5 Å². The highest BCUT2D eigenvalue weighted by Gasteiger charge is 2.25. The normalized spacial score (nSPS) is 16.9. The van der Waals surface area contributed by atoms with Crippen LogP contribution in [0.2, 0.25) is 5.02 Å². The third-order valence-corrected chi connectivity index (χ3v) is 5.88. The number of benzene rings is 2. The number of nitrogens with zero attached hydrogens (tertiary/aromatic N) is 3. The van der Waals surface area contributed by atoms with Gasteiger partial charge in [0.15, 0.2) is 0 Å². The van der Waals surface area contributed by atoms with Crippen LogP contribution in [0.1, 0.15) is 39.2 Å². The maximum Gasteiger partial charge on any atom is 0.407 e. The minimum Gasteiger partial charge on any atom is -0.444 e. The number of carbonyl (C=O) groups excluding carboxylic acids is 1. The van der Waals surface area contributed by atoms with Gasteiger partial charge in [-0.2, -0.15) is 0 Å². The van der Waals surface area contributed by atoms with Crippen LogP contribution in [0.15, 0.2) is 48.5 Å². The van der Waals surface area contributed by atoms with Gasteiger partial charge >= 0.3 is 6.09 Å². The summed E-state index contributed by atoms with van der Waals surface area (Å²) in [7, 11) is 0. The number of rotatable bonds is 5. The fourth-order valence-corrected chi connectivity index (χ4v) is 4.31. The number of aromatic nitrogens is 2. The lowest BCUT2D eigenvalue weighted by atomic mass is 9.98. The summed E-state index contributed by atoms with van der Waals surface area (Å²) >= 11 is 6.08. The standard InChI is InChI=1S/C25H31ClN4O2/c1-25(2,3)32-24(31)27-15-19-7-6-14-29(16-19)23-28-21-8-4-5-9-22(21)30(23)17-18-10-12-20(26)13-11-18/h4-5,8-13,19H,6-7,14-17H2,1-3H3,(H,27,31)/t19-/m0/s1. The molecule has 0 radical (unpaired) electrons. The lowest BCUT2D eigenvalue weighted by Crippen LogP contribution is -2.43. The summed E-state index contributed by atoms with van der Waals surface area (Å²) < 4.78 is 7.66. The van der Waals surface area contributed by atoms with E-state index in [9.17, 15) is 4.79 Å². The van der Waals surface area contributed by atoms with E-state index in [1.54, 1.807) is 0 Å². The molecule has 4 rings (SSSR count). The lowest BCUT2D eigenvalue weighted by Gasteiger charge is -2.34. The van der Waals surface area contributed by atoms with Gasteiger partial charge in [-0.3, -0.25) is 0 Å². The molecule has 1 N–H and O–H groups in total. The third-order valence-electron chi connectivity index (χ3n) is 5.62. The van der Waals surface area contributed by atoms with Crippen LogP contribution in [-0.4, -0.2) is 40.9 Å². The summed E-state index contributed by atoms with van der Waals surface area (Å²) in [4.78, 5) is 19.4. The van der Waals surface area contributed by atoms with Crippen LogP contribution in [0.4, 0.5) is 10.7 Å². The Kier molecular flexibility index (Phi) is 6.60. The molecule has 1 aliphatic rings. The highest BCUT2D eigenvalue weighted by molar-refractivity contribution is 6.30. The van der Waals surface area contributed by atoms with Crippen molar-refractivity contribution in [1.82, 2.24) is 14.9 Å². The number of imidazole rings is 1. The molecule has 0 spiro atoms. The lowest BCUT2D eigenvalue weighted by molar-refractivity contribution is 0.0517. The molecule has 1 saturated heterocycles. The Morgan fingerprint density at radius 3 is 2.69 bits per heavy atom. The van der Waals surface area contributed by atoms with Crippen LogP contribution < -0.4 is 10.2 Å².